The highest BCUT2D eigenvalue weighted by molar-refractivity contribution is 5.79. The van der Waals surface area contributed by atoms with Crippen LogP contribution in [0.3, 0.4) is 0 Å². The van der Waals surface area contributed by atoms with Crippen LogP contribution in [0.5, 0.6) is 0 Å². The molecule has 0 aromatic heterocycles. The van der Waals surface area contributed by atoms with Crippen molar-refractivity contribution in [3.8, 4) is 0 Å². The largest absolute Gasteiger partial charge is 0.481 e. The lowest BCUT2D eigenvalue weighted by molar-refractivity contribution is -0.329. The molecule has 7 aliphatic rings. The fraction of sp³-hybridized carbons (Fsp3) is 0.905. The van der Waals surface area contributed by atoms with Gasteiger partial charge in [-0.3, -0.25) is 9.59 Å². The number of hydrogen-bond acceptors (Lipinski definition) is 14. The van der Waals surface area contributed by atoms with Crippen molar-refractivity contribution in [3.63, 3.8) is 0 Å². The van der Waals surface area contributed by atoms with E-state index >= 15 is 0 Å². The summed E-state index contributed by atoms with van der Waals surface area (Å²) in [5.74, 6) is -1.98. The molecule has 15 heteroatoms. The Morgan fingerprint density at radius 3 is 1.89 bits per heavy atom. The first-order valence-electron chi connectivity index (χ1n) is 21.0. The fourth-order valence-corrected chi connectivity index (χ4v) is 13.5. The topological polar surface area (TPSA) is 253 Å². The van der Waals surface area contributed by atoms with Crippen molar-refractivity contribution in [2.75, 3.05) is 13.2 Å². The number of esters is 1. The van der Waals surface area contributed by atoms with E-state index in [1.54, 1.807) is 6.92 Å². The summed E-state index contributed by atoms with van der Waals surface area (Å²) in [5.41, 5.74) is -2.26. The van der Waals surface area contributed by atoms with Gasteiger partial charge in [0, 0.05) is 0 Å². The summed E-state index contributed by atoms with van der Waals surface area (Å²) in [7, 11) is 0. The minimum Gasteiger partial charge on any atom is -0.481 e. The highest BCUT2D eigenvalue weighted by atomic mass is 16.7. The van der Waals surface area contributed by atoms with Crippen LogP contribution in [-0.4, -0.2) is 139 Å². The molecule has 5 aliphatic carbocycles. The van der Waals surface area contributed by atoms with Crippen LogP contribution < -0.4 is 0 Å². The SMILES string of the molecule is CC1(C)CC[C@]2(C(=O)O[C@@H]3O[C@H](CO)[C@@H](O)[C@H](O)[C@H]3O)CC[C@]3(C)C(=CCC4[C@@]5(C)CC[C@H](O[C@@H]6O[C@H](CO)[C@@H](O)[C@H](O)[C@H]6O)[C@@](C)(C(=O)O)C5CC[C@]43C)C2C1. The van der Waals surface area contributed by atoms with Crippen molar-refractivity contribution >= 4 is 11.9 Å². The molecule has 0 aromatic carbocycles. The van der Waals surface area contributed by atoms with E-state index in [-0.39, 0.29) is 34.0 Å². The van der Waals surface area contributed by atoms with E-state index in [0.717, 1.165) is 19.3 Å². The normalized spacial score (nSPS) is 53.3. The molecule has 2 saturated heterocycles. The van der Waals surface area contributed by atoms with Crippen molar-refractivity contribution in [3.05, 3.63) is 11.6 Å². The van der Waals surface area contributed by atoms with Crippen molar-refractivity contribution in [2.45, 2.75) is 173 Å². The molecule has 15 nitrogen and oxygen atoms in total. The molecule has 2 heterocycles. The molecule has 0 aromatic rings. The van der Waals surface area contributed by atoms with E-state index < -0.39 is 109 Å². The number of carbonyl (C=O) groups is 2. The van der Waals surface area contributed by atoms with Crippen LogP contribution >= 0.6 is 0 Å². The molecule has 19 atom stereocenters. The Kier molecular flexibility index (Phi) is 11.2. The number of carbonyl (C=O) groups excluding carboxylic acids is 1. The summed E-state index contributed by atoms with van der Waals surface area (Å²) in [5, 5.41) is 93.7. The van der Waals surface area contributed by atoms with Gasteiger partial charge in [0.05, 0.1) is 30.1 Å². The van der Waals surface area contributed by atoms with Gasteiger partial charge in [-0.1, -0.05) is 46.3 Å². The third-order valence-corrected chi connectivity index (χ3v) is 17.3. The fourth-order valence-electron chi connectivity index (χ4n) is 13.5. The van der Waals surface area contributed by atoms with Gasteiger partial charge >= 0.3 is 11.9 Å². The molecule has 0 radical (unpaired) electrons. The average Bonchev–Trinajstić information content (AvgIpc) is 3.16. The van der Waals surface area contributed by atoms with Gasteiger partial charge in [0.1, 0.15) is 48.8 Å². The van der Waals surface area contributed by atoms with Gasteiger partial charge in [-0.05, 0) is 111 Å². The van der Waals surface area contributed by atoms with Gasteiger partial charge in [0.15, 0.2) is 6.29 Å². The molecular weight excluding hydrogens is 744 g/mol. The summed E-state index contributed by atoms with van der Waals surface area (Å²) < 4.78 is 23.5. The molecule has 4 saturated carbocycles. The minimum atomic E-state index is -1.70. The van der Waals surface area contributed by atoms with Crippen molar-refractivity contribution in [2.24, 2.45) is 50.2 Å². The van der Waals surface area contributed by atoms with E-state index in [2.05, 4.69) is 40.7 Å². The van der Waals surface area contributed by atoms with Crippen LogP contribution in [0.2, 0.25) is 0 Å². The first-order chi connectivity index (χ1) is 26.6. The van der Waals surface area contributed by atoms with Crippen molar-refractivity contribution in [1.29, 1.82) is 0 Å². The lowest BCUT2D eigenvalue weighted by Gasteiger charge is -2.71. The molecule has 9 N–H and O–H groups in total. The highest BCUT2D eigenvalue weighted by Gasteiger charge is 2.71. The molecule has 324 valence electrons. The van der Waals surface area contributed by atoms with E-state index in [9.17, 15) is 55.5 Å². The van der Waals surface area contributed by atoms with Crippen molar-refractivity contribution < 1.29 is 74.5 Å². The summed E-state index contributed by atoms with van der Waals surface area (Å²) in [6.45, 7) is 11.7. The Bertz CT molecular complexity index is 1580. The zero-order valence-corrected chi connectivity index (χ0v) is 34.1. The maximum Gasteiger partial charge on any atom is 0.315 e. The van der Waals surface area contributed by atoms with E-state index in [1.165, 1.54) is 5.57 Å². The zero-order chi connectivity index (χ0) is 41.8. The Morgan fingerprint density at radius 2 is 1.30 bits per heavy atom. The smallest absolute Gasteiger partial charge is 0.315 e. The van der Waals surface area contributed by atoms with E-state index in [0.29, 0.717) is 44.9 Å². The molecule has 2 aliphatic heterocycles. The van der Waals surface area contributed by atoms with Gasteiger partial charge in [-0.25, -0.2) is 0 Å². The number of carboxylic acid groups (broad SMARTS) is 1. The maximum atomic E-state index is 14.6. The number of hydrogen-bond donors (Lipinski definition) is 9. The van der Waals surface area contributed by atoms with Gasteiger partial charge in [-0.15, -0.1) is 0 Å². The van der Waals surface area contributed by atoms with Crippen LogP contribution in [-0.2, 0) is 28.5 Å². The van der Waals surface area contributed by atoms with E-state index in [4.69, 9.17) is 18.9 Å². The molecule has 0 amide bonds. The number of aliphatic hydroxyl groups excluding tert-OH is 8. The summed E-state index contributed by atoms with van der Waals surface area (Å²) >= 11 is 0. The average molecular weight is 811 g/mol. The van der Waals surface area contributed by atoms with Crippen molar-refractivity contribution in [1.82, 2.24) is 0 Å². The van der Waals surface area contributed by atoms with Gasteiger partial charge in [0.25, 0.3) is 0 Å². The number of aliphatic hydroxyl groups is 8. The number of allylic oxidation sites excluding steroid dienone is 2. The van der Waals surface area contributed by atoms with E-state index in [1.807, 2.05) is 0 Å². The van der Waals surface area contributed by atoms with Crippen LogP contribution in [0.25, 0.3) is 0 Å². The predicted molar refractivity (Wildman–Crippen MR) is 200 cm³/mol. The number of rotatable bonds is 7. The number of carboxylic acids is 1. The molecule has 57 heavy (non-hydrogen) atoms. The van der Waals surface area contributed by atoms with Gasteiger partial charge in [0.2, 0.25) is 6.29 Å². The third kappa shape index (κ3) is 6.30. The monoisotopic (exact) mass is 810 g/mol. The zero-order valence-electron chi connectivity index (χ0n) is 34.1. The van der Waals surface area contributed by atoms with Gasteiger partial charge in [-0.2, -0.15) is 0 Å². The van der Waals surface area contributed by atoms with Gasteiger partial charge < -0.3 is 64.9 Å². The lowest BCUT2D eigenvalue weighted by Crippen LogP contribution is -2.67. The molecular formula is C42H66O15. The number of aliphatic carboxylic acids is 1. The second kappa shape index (κ2) is 14.7. The second-order valence-electron chi connectivity index (χ2n) is 20.4. The Labute approximate surface area is 334 Å². The predicted octanol–water partition coefficient (Wildman–Crippen LogP) is 1.38. The Balaban J connectivity index is 1.19. The Hall–Kier alpha value is -1.76. The van der Waals surface area contributed by atoms with Crippen LogP contribution in [0, 0.1) is 50.2 Å². The third-order valence-electron chi connectivity index (χ3n) is 17.3. The first-order valence-corrected chi connectivity index (χ1v) is 21.0. The number of ether oxygens (including phenoxy) is 4. The van der Waals surface area contributed by atoms with Crippen LogP contribution in [0.1, 0.15) is 106 Å². The summed E-state index contributed by atoms with van der Waals surface area (Å²) in [6.07, 6.45) is -7.58. The molecule has 0 spiro atoms. The standard InChI is InChI=1S/C42H66O15/c1-37(2)13-15-42(36(53)57-34-32(50)30(48)28(46)23(19-44)55-34)16-14-39(4)20(21(42)17-37)7-8-24-38(3)11-10-26(41(6,35(51)52)25(38)9-12-40(24,39)5)56-33-31(49)29(47)27(45)22(18-43)54-33/h7,21-34,43-50H,8-19H2,1-6H3,(H,51,52)/t21?,22-,23-,24?,25?,26+,27-,28-,29+,30+,31-,32-,33+,34+,38-,39-,40-,41+,42+/m1/s1. The molecule has 6 fully saturated rings. The molecule has 0 bridgehead atoms. The van der Waals surface area contributed by atoms with Crippen LogP contribution in [0.4, 0.5) is 0 Å². The molecule has 7 rings (SSSR count). The summed E-state index contributed by atoms with van der Waals surface area (Å²) in [6, 6.07) is 0. The maximum absolute atomic E-state index is 14.6. The Morgan fingerprint density at radius 1 is 0.719 bits per heavy atom. The summed E-state index contributed by atoms with van der Waals surface area (Å²) in [4.78, 5) is 28.1. The lowest BCUT2D eigenvalue weighted by atomic mass is 9.33. The first kappa shape index (κ1) is 43.3. The quantitative estimate of drug-likeness (QED) is 0.100. The highest BCUT2D eigenvalue weighted by Crippen LogP contribution is 2.76. The minimum absolute atomic E-state index is 0.0783. The van der Waals surface area contributed by atoms with Crippen LogP contribution in [0.15, 0.2) is 11.6 Å². The number of fused-ring (bicyclic) bond motifs is 7. The second-order valence-corrected chi connectivity index (χ2v) is 20.4. The molecule has 3 unspecified atom stereocenters.